The summed E-state index contributed by atoms with van der Waals surface area (Å²) in [6.45, 7) is 4.19. The molecule has 19 heavy (non-hydrogen) atoms. The van der Waals surface area contributed by atoms with E-state index < -0.39 is 0 Å². The van der Waals surface area contributed by atoms with Gasteiger partial charge in [0.15, 0.2) is 10.4 Å². The fraction of sp³-hybridized carbons (Fsp3) is 0.692. The Morgan fingerprint density at radius 3 is 2.68 bits per heavy atom. The van der Waals surface area contributed by atoms with Crippen LogP contribution in [0.1, 0.15) is 25.5 Å². The third-order valence-corrected chi connectivity index (χ3v) is 3.72. The Balaban J connectivity index is 2.20. The van der Waals surface area contributed by atoms with E-state index in [1.54, 1.807) is 0 Å². The Kier molecular flexibility index (Phi) is 4.42. The van der Waals surface area contributed by atoms with Crippen LogP contribution in [0.3, 0.4) is 0 Å². The molecule has 2 aromatic heterocycles. The quantitative estimate of drug-likeness (QED) is 0.653. The van der Waals surface area contributed by atoms with Crippen molar-refractivity contribution in [1.82, 2.24) is 24.2 Å². The Bertz CT molecular complexity index is 604. The zero-order valence-corrected chi connectivity index (χ0v) is 13.0. The van der Waals surface area contributed by atoms with E-state index in [1.807, 2.05) is 11.7 Å². The molecule has 6 heteroatoms. The summed E-state index contributed by atoms with van der Waals surface area (Å²) in [6, 6.07) is 0. The Hall–Kier alpha value is -1.14. The summed E-state index contributed by atoms with van der Waals surface area (Å²) in [5.74, 6) is 0. The van der Waals surface area contributed by atoms with Gasteiger partial charge in [0, 0.05) is 13.6 Å². The molecule has 0 bridgehead atoms. The van der Waals surface area contributed by atoms with Crippen LogP contribution in [0.2, 0.25) is 0 Å². The first-order chi connectivity index (χ1) is 9.04. The molecular formula is C13H23N5S. The molecule has 2 rings (SSSR count). The van der Waals surface area contributed by atoms with Gasteiger partial charge in [-0.1, -0.05) is 6.92 Å². The van der Waals surface area contributed by atoms with E-state index in [4.69, 9.17) is 12.2 Å². The summed E-state index contributed by atoms with van der Waals surface area (Å²) in [7, 11) is 6.20. The number of rotatable bonds is 6. The number of aryl methyl sites for hydroxylation is 3. The van der Waals surface area contributed by atoms with Crippen LogP contribution in [0.15, 0.2) is 0 Å². The van der Waals surface area contributed by atoms with Crippen LogP contribution >= 0.6 is 12.2 Å². The van der Waals surface area contributed by atoms with Gasteiger partial charge in [0.25, 0.3) is 0 Å². The molecule has 0 amide bonds. The summed E-state index contributed by atoms with van der Waals surface area (Å²) in [5.41, 5.74) is 3.31. The lowest BCUT2D eigenvalue weighted by molar-refractivity contribution is 0.388. The van der Waals surface area contributed by atoms with E-state index in [9.17, 15) is 0 Å². The molecule has 5 nitrogen and oxygen atoms in total. The zero-order chi connectivity index (χ0) is 14.0. The molecular weight excluding hydrogens is 258 g/mol. The molecule has 0 aliphatic heterocycles. The first kappa shape index (κ1) is 14.3. The van der Waals surface area contributed by atoms with Gasteiger partial charge in [0.05, 0.1) is 5.69 Å². The van der Waals surface area contributed by atoms with Crippen LogP contribution in [0.25, 0.3) is 11.2 Å². The lowest BCUT2D eigenvalue weighted by atomic mass is 10.3. The van der Waals surface area contributed by atoms with Crippen LogP contribution in [-0.4, -0.2) is 44.9 Å². The average molecular weight is 281 g/mol. The van der Waals surface area contributed by atoms with E-state index >= 15 is 0 Å². The highest BCUT2D eigenvalue weighted by Gasteiger charge is 2.13. The number of aromatic amines is 1. The molecule has 0 unspecified atom stereocenters. The standard InChI is InChI=1S/C13H23N5S/c1-5-10-11-12(17(4)15-10)18(13(19)14-11)9-7-6-8-16(2)3/h5-9H2,1-4H3,(H,14,19). The predicted octanol–water partition coefficient (Wildman–Crippen LogP) is 2.34. The Morgan fingerprint density at radius 1 is 1.32 bits per heavy atom. The minimum absolute atomic E-state index is 0.808. The highest BCUT2D eigenvalue weighted by atomic mass is 32.1. The molecule has 0 aliphatic carbocycles. The first-order valence-electron chi connectivity index (χ1n) is 6.83. The predicted molar refractivity (Wildman–Crippen MR) is 81.1 cm³/mol. The van der Waals surface area contributed by atoms with Crippen LogP contribution in [0, 0.1) is 4.77 Å². The molecule has 0 radical (unpaired) electrons. The molecule has 2 aromatic rings. The minimum Gasteiger partial charge on any atom is -0.328 e. The maximum atomic E-state index is 5.43. The lowest BCUT2D eigenvalue weighted by Gasteiger charge is -2.09. The normalized spacial score (nSPS) is 11.8. The summed E-state index contributed by atoms with van der Waals surface area (Å²) >= 11 is 5.43. The van der Waals surface area contributed by atoms with Gasteiger partial charge in [-0.25, -0.2) is 0 Å². The lowest BCUT2D eigenvalue weighted by Crippen LogP contribution is -2.13. The van der Waals surface area contributed by atoms with Gasteiger partial charge in [-0.3, -0.25) is 4.68 Å². The molecule has 0 atom stereocenters. The number of H-pyrrole nitrogens is 1. The van der Waals surface area contributed by atoms with Gasteiger partial charge in [-0.15, -0.1) is 0 Å². The summed E-state index contributed by atoms with van der Waals surface area (Å²) in [6.07, 6.45) is 3.24. The van der Waals surface area contributed by atoms with Gasteiger partial charge in [0.2, 0.25) is 0 Å². The van der Waals surface area contributed by atoms with Gasteiger partial charge in [0.1, 0.15) is 5.52 Å². The topological polar surface area (TPSA) is 41.8 Å². The first-order valence-corrected chi connectivity index (χ1v) is 7.24. The Labute approximate surface area is 119 Å². The van der Waals surface area contributed by atoms with Crippen LogP contribution in [-0.2, 0) is 20.0 Å². The number of unbranched alkanes of at least 4 members (excludes halogenated alkanes) is 1. The van der Waals surface area contributed by atoms with Gasteiger partial charge < -0.3 is 14.5 Å². The van der Waals surface area contributed by atoms with Crippen molar-refractivity contribution in [3.05, 3.63) is 10.5 Å². The molecule has 106 valence electrons. The number of aromatic nitrogens is 4. The van der Waals surface area contributed by atoms with Crippen molar-refractivity contribution in [3.63, 3.8) is 0 Å². The van der Waals surface area contributed by atoms with E-state index in [0.29, 0.717) is 0 Å². The van der Waals surface area contributed by atoms with E-state index in [2.05, 4.69) is 40.6 Å². The van der Waals surface area contributed by atoms with Crippen molar-refractivity contribution in [2.45, 2.75) is 32.7 Å². The third kappa shape index (κ3) is 2.90. The molecule has 0 aromatic carbocycles. The maximum absolute atomic E-state index is 5.43. The van der Waals surface area contributed by atoms with Crippen LogP contribution in [0.4, 0.5) is 0 Å². The molecule has 0 aliphatic rings. The second kappa shape index (κ2) is 5.88. The van der Waals surface area contributed by atoms with E-state index in [-0.39, 0.29) is 0 Å². The largest absolute Gasteiger partial charge is 0.328 e. The van der Waals surface area contributed by atoms with Gasteiger partial charge >= 0.3 is 0 Å². The fourth-order valence-electron chi connectivity index (χ4n) is 2.43. The summed E-state index contributed by atoms with van der Waals surface area (Å²) in [4.78, 5) is 5.51. The molecule has 0 fully saturated rings. The van der Waals surface area contributed by atoms with Crippen molar-refractivity contribution < 1.29 is 0 Å². The highest BCUT2D eigenvalue weighted by Crippen LogP contribution is 2.18. The van der Waals surface area contributed by atoms with Gasteiger partial charge in [-0.2, -0.15) is 5.10 Å². The van der Waals surface area contributed by atoms with Crippen LogP contribution < -0.4 is 0 Å². The van der Waals surface area contributed by atoms with Gasteiger partial charge in [-0.05, 0) is 52.1 Å². The van der Waals surface area contributed by atoms with Crippen molar-refractivity contribution in [1.29, 1.82) is 0 Å². The van der Waals surface area contributed by atoms with Crippen LogP contribution in [0.5, 0.6) is 0 Å². The number of nitrogens with zero attached hydrogens (tertiary/aromatic N) is 4. The highest BCUT2D eigenvalue weighted by molar-refractivity contribution is 7.71. The second-order valence-corrected chi connectivity index (χ2v) is 5.60. The average Bonchev–Trinajstić information content (AvgIpc) is 2.83. The van der Waals surface area contributed by atoms with Crippen molar-refractivity contribution in [2.75, 3.05) is 20.6 Å². The molecule has 0 saturated heterocycles. The third-order valence-electron chi connectivity index (χ3n) is 3.39. The minimum atomic E-state index is 0.808. The monoisotopic (exact) mass is 281 g/mol. The summed E-state index contributed by atoms with van der Waals surface area (Å²) < 4.78 is 4.92. The van der Waals surface area contributed by atoms with Crippen molar-refractivity contribution >= 4 is 23.4 Å². The number of hydrogen-bond acceptors (Lipinski definition) is 3. The number of nitrogens with one attached hydrogen (secondary N) is 1. The molecule has 0 spiro atoms. The number of hydrogen-bond donors (Lipinski definition) is 1. The van der Waals surface area contributed by atoms with Crippen molar-refractivity contribution in [2.24, 2.45) is 7.05 Å². The zero-order valence-electron chi connectivity index (χ0n) is 12.2. The van der Waals surface area contributed by atoms with Crippen molar-refractivity contribution in [3.8, 4) is 0 Å². The maximum Gasteiger partial charge on any atom is 0.179 e. The number of imidazole rings is 1. The smallest absolute Gasteiger partial charge is 0.179 e. The second-order valence-electron chi connectivity index (χ2n) is 5.21. The molecule has 1 N–H and O–H groups in total. The summed E-state index contributed by atoms with van der Waals surface area (Å²) in [5, 5.41) is 4.54. The number of fused-ring (bicyclic) bond motifs is 1. The fourth-order valence-corrected chi connectivity index (χ4v) is 2.71. The Morgan fingerprint density at radius 2 is 2.05 bits per heavy atom. The van der Waals surface area contributed by atoms with E-state index in [0.717, 1.165) is 47.6 Å². The van der Waals surface area contributed by atoms with E-state index in [1.165, 1.54) is 6.42 Å². The molecule has 2 heterocycles. The molecule has 0 saturated carbocycles. The SMILES string of the molecule is CCc1nn(C)c2c1[nH]c(=S)n2CCCCN(C)C.